The number of nitrogens with one attached hydrogen (secondary N) is 1. The Morgan fingerprint density at radius 3 is 2.27 bits per heavy atom. The van der Waals surface area contributed by atoms with Crippen LogP contribution in [0.5, 0.6) is 0 Å². The molecule has 0 aromatic rings. The number of likely N-dealkylation sites (tertiary alicyclic amines) is 1. The van der Waals surface area contributed by atoms with Crippen LogP contribution in [-0.2, 0) is 14.3 Å². The van der Waals surface area contributed by atoms with Crippen molar-refractivity contribution in [3.63, 3.8) is 0 Å². The van der Waals surface area contributed by atoms with Crippen LogP contribution in [0.2, 0.25) is 0 Å². The quantitative estimate of drug-likeness (QED) is 0.861. The molecule has 0 aromatic carbocycles. The third-order valence-electron chi connectivity index (χ3n) is 3.97. The summed E-state index contributed by atoms with van der Waals surface area (Å²) in [5, 5.41) is 2.58. The number of carbonyl (C=O) groups excluding carboxylic acids is 3. The molecule has 0 saturated carbocycles. The summed E-state index contributed by atoms with van der Waals surface area (Å²) in [6.45, 7) is 9.86. The van der Waals surface area contributed by atoms with Crippen LogP contribution in [0, 0.1) is 11.3 Å². The summed E-state index contributed by atoms with van der Waals surface area (Å²) in [6, 6.07) is -1.07. The van der Waals surface area contributed by atoms with Crippen molar-refractivity contribution >= 4 is 17.8 Å². The van der Waals surface area contributed by atoms with Gasteiger partial charge in [0.1, 0.15) is 6.04 Å². The van der Waals surface area contributed by atoms with E-state index in [0.717, 1.165) is 6.42 Å². The second kappa shape index (κ2) is 7.11. The van der Waals surface area contributed by atoms with Gasteiger partial charge in [0.25, 0.3) is 0 Å². The van der Waals surface area contributed by atoms with E-state index in [1.165, 1.54) is 7.11 Å². The molecular weight excluding hydrogens is 284 g/mol. The number of alkyl carbamates (subject to hydrolysis) is 1. The lowest BCUT2D eigenvalue weighted by Crippen LogP contribution is -2.54. The Balaban J connectivity index is 2.93. The summed E-state index contributed by atoms with van der Waals surface area (Å²) in [7, 11) is 1.26. The highest BCUT2D eigenvalue weighted by Crippen LogP contribution is 2.27. The second-order valence-electron chi connectivity index (χ2n) is 7.16. The van der Waals surface area contributed by atoms with Gasteiger partial charge in [-0.1, -0.05) is 34.6 Å². The van der Waals surface area contributed by atoms with E-state index >= 15 is 0 Å². The number of methoxy groups -OCH3 is 1. The molecule has 22 heavy (non-hydrogen) atoms. The maximum Gasteiger partial charge on any atom is 0.407 e. The van der Waals surface area contributed by atoms with Crippen molar-refractivity contribution in [1.29, 1.82) is 0 Å². The van der Waals surface area contributed by atoms with Gasteiger partial charge in [-0.2, -0.15) is 0 Å². The molecular formula is C16H28N2O4. The van der Waals surface area contributed by atoms with Gasteiger partial charge in [-0.25, -0.2) is 4.79 Å². The van der Waals surface area contributed by atoms with E-state index in [4.69, 9.17) is 0 Å². The minimum Gasteiger partial charge on any atom is -0.453 e. The zero-order chi connectivity index (χ0) is 17.1. The minimum absolute atomic E-state index is 0.0684. The van der Waals surface area contributed by atoms with Crippen molar-refractivity contribution in [1.82, 2.24) is 10.2 Å². The molecule has 6 nitrogen and oxygen atoms in total. The number of carbonyl (C=O) groups is 3. The number of ether oxygens (including phenoxy) is 1. The van der Waals surface area contributed by atoms with E-state index in [-0.39, 0.29) is 17.6 Å². The molecule has 1 saturated heterocycles. The Kier molecular flexibility index (Phi) is 5.97. The summed E-state index contributed by atoms with van der Waals surface area (Å²) in [6.07, 6.45) is 0.858. The third kappa shape index (κ3) is 4.21. The summed E-state index contributed by atoms with van der Waals surface area (Å²) < 4.78 is 4.58. The van der Waals surface area contributed by atoms with Gasteiger partial charge < -0.3 is 15.0 Å². The predicted octanol–water partition coefficient (Wildman–Crippen LogP) is 1.97. The van der Waals surface area contributed by atoms with Gasteiger partial charge in [0.05, 0.1) is 13.2 Å². The van der Waals surface area contributed by atoms with E-state index < -0.39 is 23.6 Å². The molecule has 0 aliphatic carbocycles. The lowest BCUT2D eigenvalue weighted by Gasteiger charge is -2.32. The van der Waals surface area contributed by atoms with Gasteiger partial charge in [0, 0.05) is 12.0 Å². The number of rotatable bonds is 4. The lowest BCUT2D eigenvalue weighted by molar-refractivity contribution is -0.142. The molecule has 1 aliphatic rings. The predicted molar refractivity (Wildman–Crippen MR) is 83.4 cm³/mol. The Labute approximate surface area is 132 Å². The van der Waals surface area contributed by atoms with Crippen LogP contribution in [0.1, 0.15) is 47.5 Å². The Morgan fingerprint density at radius 1 is 1.23 bits per heavy atom. The topological polar surface area (TPSA) is 75.7 Å². The molecule has 0 radical (unpaired) electrons. The number of ketones is 1. The summed E-state index contributed by atoms with van der Waals surface area (Å²) in [4.78, 5) is 38.4. The standard InChI is InChI=1S/C16H28N2O4/c1-10(2)12(17-15(21)22-6)14(20)18-9-7-8-11(18)13(19)16(3,4)5/h10-12H,7-9H2,1-6H3,(H,17,21). The first-order valence-corrected chi connectivity index (χ1v) is 7.79. The minimum atomic E-state index is -0.680. The lowest BCUT2D eigenvalue weighted by atomic mass is 9.85. The molecule has 2 atom stereocenters. The fourth-order valence-corrected chi connectivity index (χ4v) is 2.68. The van der Waals surface area contributed by atoms with Crippen molar-refractivity contribution < 1.29 is 19.1 Å². The smallest absolute Gasteiger partial charge is 0.407 e. The molecule has 2 amide bonds. The maximum atomic E-state index is 12.8. The largest absolute Gasteiger partial charge is 0.453 e. The number of Topliss-reactive ketones (excluding diaryl/α,β-unsaturated/α-hetero) is 1. The van der Waals surface area contributed by atoms with Crippen LogP contribution < -0.4 is 5.32 Å². The number of amides is 2. The van der Waals surface area contributed by atoms with Crippen LogP contribution in [0.15, 0.2) is 0 Å². The average Bonchev–Trinajstić information content (AvgIpc) is 2.90. The van der Waals surface area contributed by atoms with E-state index in [1.54, 1.807) is 4.90 Å². The van der Waals surface area contributed by atoms with Crippen LogP contribution >= 0.6 is 0 Å². The zero-order valence-electron chi connectivity index (χ0n) is 14.4. The first-order valence-electron chi connectivity index (χ1n) is 7.79. The molecule has 1 fully saturated rings. The molecule has 1 aliphatic heterocycles. The van der Waals surface area contributed by atoms with Crippen LogP contribution in [0.3, 0.4) is 0 Å². The summed E-state index contributed by atoms with van der Waals surface area (Å²) in [5.41, 5.74) is -0.489. The van der Waals surface area contributed by atoms with Gasteiger partial charge in [-0.15, -0.1) is 0 Å². The van der Waals surface area contributed by atoms with E-state index in [1.807, 2.05) is 34.6 Å². The highest BCUT2D eigenvalue weighted by Gasteiger charge is 2.41. The average molecular weight is 312 g/mol. The van der Waals surface area contributed by atoms with E-state index in [9.17, 15) is 14.4 Å². The van der Waals surface area contributed by atoms with Crippen LogP contribution in [-0.4, -0.2) is 48.4 Å². The van der Waals surface area contributed by atoms with Crippen molar-refractivity contribution in [2.75, 3.05) is 13.7 Å². The zero-order valence-corrected chi connectivity index (χ0v) is 14.4. The maximum absolute atomic E-state index is 12.8. The molecule has 1 N–H and O–H groups in total. The van der Waals surface area contributed by atoms with Crippen molar-refractivity contribution in [3.8, 4) is 0 Å². The second-order valence-corrected chi connectivity index (χ2v) is 7.16. The molecule has 126 valence electrons. The van der Waals surface area contributed by atoms with Gasteiger partial charge in [-0.3, -0.25) is 9.59 Å². The molecule has 2 unspecified atom stereocenters. The van der Waals surface area contributed by atoms with Gasteiger partial charge in [0.15, 0.2) is 5.78 Å². The first-order chi connectivity index (χ1) is 10.1. The SMILES string of the molecule is COC(=O)NC(C(=O)N1CCCC1C(=O)C(C)(C)C)C(C)C. The normalized spacial score (nSPS) is 20.0. The van der Waals surface area contributed by atoms with Crippen LogP contribution in [0.4, 0.5) is 4.79 Å². The fraction of sp³-hybridized carbons (Fsp3) is 0.812. The van der Waals surface area contributed by atoms with Gasteiger partial charge in [-0.05, 0) is 18.8 Å². The Morgan fingerprint density at radius 2 is 1.82 bits per heavy atom. The van der Waals surface area contributed by atoms with E-state index in [2.05, 4.69) is 10.1 Å². The number of hydrogen-bond donors (Lipinski definition) is 1. The van der Waals surface area contributed by atoms with Gasteiger partial charge >= 0.3 is 6.09 Å². The molecule has 0 bridgehead atoms. The first kappa shape index (κ1) is 18.5. The molecule has 6 heteroatoms. The van der Waals surface area contributed by atoms with Crippen molar-refractivity contribution in [2.45, 2.75) is 59.5 Å². The van der Waals surface area contributed by atoms with Gasteiger partial charge in [0.2, 0.25) is 5.91 Å². The third-order valence-corrected chi connectivity index (χ3v) is 3.97. The molecule has 1 heterocycles. The molecule has 0 aromatic heterocycles. The summed E-state index contributed by atoms with van der Waals surface area (Å²) in [5.74, 6) is -0.225. The Hall–Kier alpha value is -1.59. The van der Waals surface area contributed by atoms with Crippen molar-refractivity contribution in [2.24, 2.45) is 11.3 Å². The van der Waals surface area contributed by atoms with Crippen LogP contribution in [0.25, 0.3) is 0 Å². The fourth-order valence-electron chi connectivity index (χ4n) is 2.68. The highest BCUT2D eigenvalue weighted by atomic mass is 16.5. The number of hydrogen-bond acceptors (Lipinski definition) is 4. The highest BCUT2D eigenvalue weighted by molar-refractivity contribution is 5.95. The van der Waals surface area contributed by atoms with E-state index in [0.29, 0.717) is 13.0 Å². The molecule has 0 spiro atoms. The van der Waals surface area contributed by atoms with Crippen molar-refractivity contribution in [3.05, 3.63) is 0 Å². The monoisotopic (exact) mass is 312 g/mol. The molecule has 1 rings (SSSR count). The Bertz CT molecular complexity index is 440. The summed E-state index contributed by atoms with van der Waals surface area (Å²) >= 11 is 0. The number of nitrogens with zero attached hydrogens (tertiary/aromatic N) is 1.